The van der Waals surface area contributed by atoms with E-state index >= 15 is 0 Å². The van der Waals surface area contributed by atoms with E-state index in [1.165, 1.54) is 6.08 Å². The highest BCUT2D eigenvalue weighted by Gasteiger charge is 2.14. The normalized spacial score (nSPS) is 22.1. The molecule has 16 heavy (non-hydrogen) atoms. The fourth-order valence-corrected chi connectivity index (χ4v) is 1.53. The van der Waals surface area contributed by atoms with Crippen LogP contribution in [0.25, 0.3) is 0 Å². The van der Waals surface area contributed by atoms with E-state index in [1.807, 2.05) is 0 Å². The Kier molecular flexibility index (Phi) is 7.01. The van der Waals surface area contributed by atoms with Crippen molar-refractivity contribution in [3.63, 3.8) is 0 Å². The van der Waals surface area contributed by atoms with Crippen molar-refractivity contribution in [1.29, 1.82) is 0 Å². The smallest absolute Gasteiger partial charge is 0.158 e. The summed E-state index contributed by atoms with van der Waals surface area (Å²) < 4.78 is 23.8. The number of ether oxygens (including phenoxy) is 2. The Balaban J connectivity index is 2.07. The van der Waals surface area contributed by atoms with Crippen LogP contribution in [0.5, 0.6) is 0 Å². The van der Waals surface area contributed by atoms with Crippen molar-refractivity contribution in [3.05, 3.63) is 11.9 Å². The monoisotopic (exact) mass is 230 g/mol. The first-order valence-electron chi connectivity index (χ1n) is 5.84. The number of carbonyl (C=O) groups is 1. The molecule has 1 rings (SSSR count). The largest absolute Gasteiger partial charge is 0.353 e. The summed E-state index contributed by atoms with van der Waals surface area (Å²) in [4.78, 5) is 10.0. The first-order chi connectivity index (χ1) is 7.83. The molecule has 1 saturated heterocycles. The number of hydrogen-bond acceptors (Lipinski definition) is 3. The van der Waals surface area contributed by atoms with Crippen LogP contribution in [0.4, 0.5) is 4.39 Å². The lowest BCUT2D eigenvalue weighted by Gasteiger charge is -2.22. The third-order valence-electron chi connectivity index (χ3n) is 2.44. The molecule has 0 aliphatic carbocycles. The van der Waals surface area contributed by atoms with Gasteiger partial charge in [-0.05, 0) is 32.1 Å². The van der Waals surface area contributed by atoms with Crippen molar-refractivity contribution in [2.24, 2.45) is 0 Å². The maximum atomic E-state index is 13.2. The van der Waals surface area contributed by atoms with Crippen LogP contribution in [-0.2, 0) is 14.3 Å². The van der Waals surface area contributed by atoms with Gasteiger partial charge in [0, 0.05) is 13.0 Å². The van der Waals surface area contributed by atoms with E-state index < -0.39 is 0 Å². The quantitative estimate of drug-likeness (QED) is 0.498. The lowest BCUT2D eigenvalue weighted by molar-refractivity contribution is -0.159. The Morgan fingerprint density at radius 3 is 3.00 bits per heavy atom. The van der Waals surface area contributed by atoms with Crippen LogP contribution < -0.4 is 0 Å². The first-order valence-corrected chi connectivity index (χ1v) is 5.84. The first kappa shape index (κ1) is 13.3. The summed E-state index contributed by atoms with van der Waals surface area (Å²) in [6, 6.07) is 0. The Bertz CT molecular complexity index is 222. The average Bonchev–Trinajstić information content (AvgIpc) is 2.33. The van der Waals surface area contributed by atoms with Gasteiger partial charge in [-0.15, -0.1) is 0 Å². The van der Waals surface area contributed by atoms with Gasteiger partial charge < -0.3 is 14.3 Å². The molecular weight excluding hydrogens is 211 g/mol. The van der Waals surface area contributed by atoms with Crippen LogP contribution >= 0.6 is 0 Å². The predicted octanol–water partition coefficient (Wildman–Crippen LogP) is 2.75. The molecule has 0 N–H and O–H groups in total. The minimum Gasteiger partial charge on any atom is -0.353 e. The summed E-state index contributed by atoms with van der Waals surface area (Å²) in [5.41, 5.74) is 0. The van der Waals surface area contributed by atoms with Crippen molar-refractivity contribution < 1.29 is 18.7 Å². The Morgan fingerprint density at radius 1 is 1.44 bits per heavy atom. The fraction of sp³-hybridized carbons (Fsp3) is 0.750. The fourth-order valence-electron chi connectivity index (χ4n) is 1.53. The van der Waals surface area contributed by atoms with E-state index in [1.54, 1.807) is 0 Å². The van der Waals surface area contributed by atoms with Gasteiger partial charge in [0.05, 0.1) is 0 Å². The molecule has 92 valence electrons. The van der Waals surface area contributed by atoms with Crippen molar-refractivity contribution in [3.8, 4) is 0 Å². The summed E-state index contributed by atoms with van der Waals surface area (Å²) in [5.74, 6) is -0.278. The molecule has 4 heteroatoms. The zero-order valence-corrected chi connectivity index (χ0v) is 9.49. The molecule has 3 nitrogen and oxygen atoms in total. The molecular formula is C12H19FO3. The number of aldehydes is 1. The summed E-state index contributed by atoms with van der Waals surface area (Å²) in [7, 11) is 0. The molecule has 0 aromatic carbocycles. The van der Waals surface area contributed by atoms with Gasteiger partial charge in [0.15, 0.2) is 6.29 Å². The van der Waals surface area contributed by atoms with E-state index in [2.05, 4.69) is 0 Å². The topological polar surface area (TPSA) is 35.5 Å². The lowest BCUT2D eigenvalue weighted by Crippen LogP contribution is -2.22. The highest BCUT2D eigenvalue weighted by molar-refractivity contribution is 5.49. The third kappa shape index (κ3) is 5.98. The molecule has 1 fully saturated rings. The number of carbonyl (C=O) groups excluding carboxylic acids is 1. The van der Waals surface area contributed by atoms with E-state index in [0.717, 1.165) is 25.5 Å². The Hall–Kier alpha value is -0.740. The zero-order valence-electron chi connectivity index (χ0n) is 9.49. The number of hydrogen-bond donors (Lipinski definition) is 0. The maximum Gasteiger partial charge on any atom is 0.158 e. The van der Waals surface area contributed by atoms with Gasteiger partial charge in [-0.25, -0.2) is 4.39 Å². The second-order valence-electron chi connectivity index (χ2n) is 3.86. The van der Waals surface area contributed by atoms with E-state index in [0.29, 0.717) is 25.9 Å². The third-order valence-corrected chi connectivity index (χ3v) is 2.44. The second-order valence-corrected chi connectivity index (χ2v) is 3.86. The number of rotatable bonds is 7. The summed E-state index contributed by atoms with van der Waals surface area (Å²) >= 11 is 0. The molecule has 0 aromatic heterocycles. The Morgan fingerprint density at radius 2 is 2.31 bits per heavy atom. The van der Waals surface area contributed by atoms with Gasteiger partial charge in [0.1, 0.15) is 18.7 Å². The van der Waals surface area contributed by atoms with Crippen LogP contribution in [0.1, 0.15) is 38.5 Å². The van der Waals surface area contributed by atoms with Crippen LogP contribution in [0.2, 0.25) is 0 Å². The summed E-state index contributed by atoms with van der Waals surface area (Å²) in [5, 5.41) is 0. The van der Waals surface area contributed by atoms with E-state index in [9.17, 15) is 9.18 Å². The number of halogens is 1. The highest BCUT2D eigenvalue weighted by Crippen LogP contribution is 2.15. The van der Waals surface area contributed by atoms with Crippen LogP contribution in [0, 0.1) is 0 Å². The minimum atomic E-state index is -0.278. The molecule has 1 aliphatic rings. The highest BCUT2D eigenvalue weighted by atomic mass is 19.1. The second kappa shape index (κ2) is 8.42. The average molecular weight is 230 g/mol. The minimum absolute atomic E-state index is 0.0221. The summed E-state index contributed by atoms with van der Waals surface area (Å²) in [6.45, 7) is 0.682. The van der Waals surface area contributed by atoms with Crippen molar-refractivity contribution in [2.75, 3.05) is 13.2 Å². The molecule has 0 radical (unpaired) electrons. The molecule has 0 saturated carbocycles. The summed E-state index contributed by atoms with van der Waals surface area (Å²) in [6.07, 6.45) is 6.82. The molecule has 0 bridgehead atoms. The maximum absolute atomic E-state index is 13.2. The van der Waals surface area contributed by atoms with Crippen LogP contribution in [0.15, 0.2) is 11.9 Å². The van der Waals surface area contributed by atoms with Crippen molar-refractivity contribution in [1.82, 2.24) is 0 Å². The van der Waals surface area contributed by atoms with Gasteiger partial charge in [-0.2, -0.15) is 0 Å². The molecule has 1 heterocycles. The standard InChI is InChI=1S/C12H19FO3/c13-11(6-2-1-4-8-14)10-16-12-7-3-5-9-15-12/h6,8,12H,1-5,7,9-10H2. The van der Waals surface area contributed by atoms with Crippen LogP contribution in [-0.4, -0.2) is 25.8 Å². The molecule has 1 unspecified atom stereocenters. The van der Waals surface area contributed by atoms with E-state index in [4.69, 9.17) is 9.47 Å². The predicted molar refractivity (Wildman–Crippen MR) is 58.6 cm³/mol. The van der Waals surface area contributed by atoms with Crippen LogP contribution in [0.3, 0.4) is 0 Å². The van der Waals surface area contributed by atoms with Crippen molar-refractivity contribution in [2.45, 2.75) is 44.8 Å². The van der Waals surface area contributed by atoms with Gasteiger partial charge in [0.2, 0.25) is 0 Å². The molecule has 0 spiro atoms. The number of unbranched alkanes of at least 4 members (excludes halogenated alkanes) is 2. The molecule has 1 atom stereocenters. The van der Waals surface area contributed by atoms with E-state index in [-0.39, 0.29) is 18.7 Å². The van der Waals surface area contributed by atoms with Gasteiger partial charge in [-0.3, -0.25) is 0 Å². The molecule has 0 aromatic rings. The lowest BCUT2D eigenvalue weighted by atomic mass is 10.2. The molecule has 0 amide bonds. The number of allylic oxidation sites excluding steroid dienone is 1. The van der Waals surface area contributed by atoms with Crippen molar-refractivity contribution >= 4 is 6.29 Å². The SMILES string of the molecule is O=CCCCC=C(F)COC1CCCCO1. The van der Waals surface area contributed by atoms with Gasteiger partial charge >= 0.3 is 0 Å². The molecule has 1 aliphatic heterocycles. The zero-order chi connectivity index (χ0) is 11.6. The van der Waals surface area contributed by atoms with Gasteiger partial charge in [-0.1, -0.05) is 6.08 Å². The van der Waals surface area contributed by atoms with Gasteiger partial charge in [0.25, 0.3) is 0 Å². The Labute approximate surface area is 95.6 Å².